The molecule has 1 aliphatic heterocycles. The lowest BCUT2D eigenvalue weighted by Gasteiger charge is -2.37. The van der Waals surface area contributed by atoms with Gasteiger partial charge in [-0.05, 0) is 36.6 Å². The van der Waals surface area contributed by atoms with Crippen molar-refractivity contribution in [2.24, 2.45) is 5.92 Å². The molecule has 1 saturated heterocycles. The smallest absolute Gasteiger partial charge is 0.241 e. The highest BCUT2D eigenvalue weighted by molar-refractivity contribution is 7.10. The summed E-state index contributed by atoms with van der Waals surface area (Å²) in [5, 5.41) is 5.67. The third kappa shape index (κ3) is 2.88. The predicted molar refractivity (Wildman–Crippen MR) is 87.2 cm³/mol. The largest absolute Gasteiger partial charge is 0.318 e. The number of rotatable bonds is 4. The van der Waals surface area contributed by atoms with Gasteiger partial charge in [0.05, 0.1) is 6.04 Å². The van der Waals surface area contributed by atoms with Crippen molar-refractivity contribution in [2.75, 3.05) is 0 Å². The molecule has 21 heavy (non-hydrogen) atoms. The van der Waals surface area contributed by atoms with Crippen LogP contribution in [0.1, 0.15) is 63.4 Å². The van der Waals surface area contributed by atoms with Crippen molar-refractivity contribution in [1.82, 2.24) is 10.2 Å². The average molecular weight is 306 g/mol. The quantitative estimate of drug-likeness (QED) is 0.914. The van der Waals surface area contributed by atoms with Gasteiger partial charge < -0.3 is 4.90 Å². The molecule has 1 aromatic rings. The van der Waals surface area contributed by atoms with E-state index in [1.54, 1.807) is 11.3 Å². The molecule has 1 aliphatic carbocycles. The first-order valence-electron chi connectivity index (χ1n) is 8.36. The molecule has 1 N–H and O–H groups in total. The highest BCUT2D eigenvalue weighted by Gasteiger charge is 2.43. The van der Waals surface area contributed by atoms with Crippen LogP contribution < -0.4 is 5.32 Å². The van der Waals surface area contributed by atoms with E-state index in [4.69, 9.17) is 0 Å². The highest BCUT2D eigenvalue weighted by Crippen LogP contribution is 2.37. The van der Waals surface area contributed by atoms with Gasteiger partial charge in [-0.25, -0.2) is 0 Å². The Hall–Kier alpha value is -0.870. The van der Waals surface area contributed by atoms with Crippen molar-refractivity contribution in [1.29, 1.82) is 0 Å². The van der Waals surface area contributed by atoms with E-state index in [2.05, 4.69) is 41.6 Å². The highest BCUT2D eigenvalue weighted by atomic mass is 32.1. The Labute approximate surface area is 131 Å². The number of carbonyl (C=O) groups excluding carboxylic acids is 1. The summed E-state index contributed by atoms with van der Waals surface area (Å²) < 4.78 is 0. The van der Waals surface area contributed by atoms with Crippen LogP contribution in [0, 0.1) is 5.92 Å². The fraction of sp³-hybridized carbons (Fsp3) is 0.706. The third-order valence-corrected chi connectivity index (χ3v) is 6.06. The Balaban J connectivity index is 1.83. The maximum atomic E-state index is 12.8. The van der Waals surface area contributed by atoms with Crippen LogP contribution in [0.2, 0.25) is 0 Å². The van der Waals surface area contributed by atoms with Gasteiger partial charge >= 0.3 is 0 Å². The van der Waals surface area contributed by atoms with E-state index in [1.165, 1.54) is 37.0 Å². The van der Waals surface area contributed by atoms with Crippen molar-refractivity contribution in [2.45, 2.75) is 70.6 Å². The van der Waals surface area contributed by atoms with E-state index in [9.17, 15) is 4.79 Å². The van der Waals surface area contributed by atoms with Crippen molar-refractivity contribution in [3.8, 4) is 0 Å². The second-order valence-corrected chi connectivity index (χ2v) is 7.36. The lowest BCUT2D eigenvalue weighted by atomic mass is 9.83. The van der Waals surface area contributed by atoms with E-state index >= 15 is 0 Å². The molecule has 1 amide bonds. The van der Waals surface area contributed by atoms with Crippen LogP contribution in [0.4, 0.5) is 0 Å². The summed E-state index contributed by atoms with van der Waals surface area (Å²) in [6.07, 6.45) is 7.17. The predicted octanol–water partition coefficient (Wildman–Crippen LogP) is 3.93. The molecule has 2 heterocycles. The minimum Gasteiger partial charge on any atom is -0.318 e. The lowest BCUT2D eigenvalue weighted by molar-refractivity contribution is -0.133. The minimum atomic E-state index is -0.000830. The van der Waals surface area contributed by atoms with E-state index in [-0.39, 0.29) is 12.2 Å². The molecule has 0 spiro atoms. The zero-order valence-corrected chi connectivity index (χ0v) is 13.9. The number of hydrogen-bond acceptors (Lipinski definition) is 3. The van der Waals surface area contributed by atoms with E-state index in [0.717, 1.165) is 12.3 Å². The van der Waals surface area contributed by atoms with Gasteiger partial charge in [0.2, 0.25) is 5.91 Å². The molecule has 2 fully saturated rings. The maximum absolute atomic E-state index is 12.8. The second-order valence-electron chi connectivity index (χ2n) is 6.39. The van der Waals surface area contributed by atoms with Gasteiger partial charge in [0.1, 0.15) is 6.17 Å². The summed E-state index contributed by atoms with van der Waals surface area (Å²) in [6, 6.07) is 4.66. The van der Waals surface area contributed by atoms with E-state index in [1.807, 2.05) is 0 Å². The SMILES string of the molecule is CCC1CCCC(N2C(=O)C(CC)NC2c2cccs2)C1. The van der Waals surface area contributed by atoms with Gasteiger partial charge in [-0.2, -0.15) is 0 Å². The standard InChI is InChI=1S/C17H26N2OS/c1-3-12-7-5-8-13(11-12)19-16(15-9-6-10-21-15)18-14(4-2)17(19)20/h6,9-10,12-14,16,18H,3-5,7-8,11H2,1-2H3. The van der Waals surface area contributed by atoms with Crippen molar-refractivity contribution >= 4 is 17.2 Å². The summed E-state index contributed by atoms with van der Waals surface area (Å²) in [5.41, 5.74) is 0. The molecule has 1 saturated carbocycles. The first kappa shape index (κ1) is 15.0. The molecule has 0 radical (unpaired) electrons. The Morgan fingerprint density at radius 3 is 2.86 bits per heavy atom. The summed E-state index contributed by atoms with van der Waals surface area (Å²) in [5.74, 6) is 1.11. The van der Waals surface area contributed by atoms with Crippen LogP contribution >= 0.6 is 11.3 Å². The van der Waals surface area contributed by atoms with Crippen LogP contribution in [0.3, 0.4) is 0 Å². The molecule has 0 aromatic carbocycles. The Morgan fingerprint density at radius 1 is 1.33 bits per heavy atom. The summed E-state index contributed by atoms with van der Waals surface area (Å²) >= 11 is 1.75. The Morgan fingerprint density at radius 2 is 2.19 bits per heavy atom. The van der Waals surface area contributed by atoms with Gasteiger partial charge in [-0.3, -0.25) is 10.1 Å². The average Bonchev–Trinajstić information content (AvgIpc) is 3.14. The third-order valence-electron chi connectivity index (χ3n) is 5.14. The zero-order valence-electron chi connectivity index (χ0n) is 13.0. The Kier molecular flexibility index (Phi) is 4.65. The van der Waals surface area contributed by atoms with Crippen LogP contribution in [-0.2, 0) is 4.79 Å². The second kappa shape index (κ2) is 6.49. The number of amides is 1. The fourth-order valence-electron chi connectivity index (χ4n) is 3.88. The van der Waals surface area contributed by atoms with Gasteiger partial charge in [0.15, 0.2) is 0 Å². The summed E-state index contributed by atoms with van der Waals surface area (Å²) in [7, 11) is 0. The topological polar surface area (TPSA) is 32.3 Å². The number of nitrogens with zero attached hydrogens (tertiary/aromatic N) is 1. The molecule has 4 unspecified atom stereocenters. The normalized spacial score (nSPS) is 33.6. The van der Waals surface area contributed by atoms with Crippen molar-refractivity contribution < 1.29 is 4.79 Å². The lowest BCUT2D eigenvalue weighted by Crippen LogP contribution is -2.42. The number of nitrogens with one attached hydrogen (secondary N) is 1. The molecule has 0 bridgehead atoms. The van der Waals surface area contributed by atoms with E-state index < -0.39 is 0 Å². The maximum Gasteiger partial charge on any atom is 0.241 e. The summed E-state index contributed by atoms with van der Waals surface area (Å²) in [4.78, 5) is 16.3. The molecular weight excluding hydrogens is 280 g/mol. The zero-order chi connectivity index (χ0) is 14.8. The molecule has 3 rings (SSSR count). The molecule has 4 heteroatoms. The van der Waals surface area contributed by atoms with Crippen LogP contribution in [-0.4, -0.2) is 22.9 Å². The van der Waals surface area contributed by atoms with Gasteiger partial charge in [-0.1, -0.05) is 39.2 Å². The van der Waals surface area contributed by atoms with Crippen molar-refractivity contribution in [3.63, 3.8) is 0 Å². The first-order valence-corrected chi connectivity index (χ1v) is 9.24. The minimum absolute atomic E-state index is 0.000830. The van der Waals surface area contributed by atoms with Crippen LogP contribution in [0.25, 0.3) is 0 Å². The molecule has 3 nitrogen and oxygen atoms in total. The van der Waals surface area contributed by atoms with Gasteiger partial charge in [-0.15, -0.1) is 11.3 Å². The fourth-order valence-corrected chi connectivity index (χ4v) is 4.67. The first-order chi connectivity index (χ1) is 10.2. The van der Waals surface area contributed by atoms with Gasteiger partial charge in [0, 0.05) is 10.9 Å². The molecular formula is C17H26N2OS. The van der Waals surface area contributed by atoms with Gasteiger partial charge in [0.25, 0.3) is 0 Å². The number of thiophene rings is 1. The van der Waals surface area contributed by atoms with Crippen molar-refractivity contribution in [3.05, 3.63) is 22.4 Å². The molecule has 4 atom stereocenters. The van der Waals surface area contributed by atoms with Crippen LogP contribution in [0.5, 0.6) is 0 Å². The van der Waals surface area contributed by atoms with Crippen LogP contribution in [0.15, 0.2) is 17.5 Å². The summed E-state index contributed by atoms with van der Waals surface area (Å²) in [6.45, 7) is 4.38. The Bertz CT molecular complexity index is 473. The molecule has 1 aromatic heterocycles. The van der Waals surface area contributed by atoms with E-state index in [0.29, 0.717) is 11.9 Å². The number of hydrogen-bond donors (Lipinski definition) is 1. The molecule has 116 valence electrons. The number of carbonyl (C=O) groups is 1. The monoisotopic (exact) mass is 306 g/mol. The molecule has 2 aliphatic rings.